The van der Waals surface area contributed by atoms with Gasteiger partial charge in [0.15, 0.2) is 0 Å². The van der Waals surface area contributed by atoms with Gasteiger partial charge in [-0.3, -0.25) is 4.79 Å². The average Bonchev–Trinajstić information content (AvgIpc) is 2.73. The first-order chi connectivity index (χ1) is 14.3. The maximum atomic E-state index is 12.3. The van der Waals surface area contributed by atoms with Crippen LogP contribution in [0, 0.1) is 6.92 Å². The maximum absolute atomic E-state index is 12.3. The lowest BCUT2D eigenvalue weighted by molar-refractivity contribution is 0.102. The summed E-state index contributed by atoms with van der Waals surface area (Å²) in [5.41, 5.74) is 3.12. The molecule has 0 heterocycles. The number of hydrazone groups is 1. The molecular formula is C22H20ClN3O3S. The molecule has 0 radical (unpaired) electrons. The van der Waals surface area contributed by atoms with E-state index < -0.39 is 10.0 Å². The Hall–Kier alpha value is -3.16. The molecule has 0 aromatic heterocycles. The molecule has 0 fully saturated rings. The molecule has 0 saturated heterocycles. The fourth-order valence-corrected chi connectivity index (χ4v) is 3.68. The van der Waals surface area contributed by atoms with Crippen LogP contribution in [-0.2, 0) is 10.0 Å². The van der Waals surface area contributed by atoms with Gasteiger partial charge in [-0.1, -0.05) is 53.6 Å². The summed E-state index contributed by atoms with van der Waals surface area (Å²) in [7, 11) is -3.75. The zero-order chi connectivity index (χ0) is 21.7. The topological polar surface area (TPSA) is 87.6 Å². The van der Waals surface area contributed by atoms with Crippen LogP contribution in [0.2, 0.25) is 5.02 Å². The van der Waals surface area contributed by atoms with Crippen molar-refractivity contribution in [2.75, 3.05) is 5.32 Å². The molecule has 8 heteroatoms. The second-order valence-corrected chi connectivity index (χ2v) is 8.68. The van der Waals surface area contributed by atoms with Crippen LogP contribution in [0.5, 0.6) is 0 Å². The van der Waals surface area contributed by atoms with Gasteiger partial charge in [-0.15, -0.1) is 0 Å². The van der Waals surface area contributed by atoms with Gasteiger partial charge in [0.05, 0.1) is 21.2 Å². The number of hydrogen-bond acceptors (Lipinski definition) is 4. The highest BCUT2D eigenvalue weighted by molar-refractivity contribution is 7.89. The molecule has 3 aromatic carbocycles. The minimum atomic E-state index is -3.75. The van der Waals surface area contributed by atoms with Crippen LogP contribution >= 0.6 is 11.6 Å². The Morgan fingerprint density at radius 1 is 0.933 bits per heavy atom. The number of benzene rings is 3. The van der Waals surface area contributed by atoms with Crippen molar-refractivity contribution < 1.29 is 13.2 Å². The smallest absolute Gasteiger partial charge is 0.276 e. The van der Waals surface area contributed by atoms with E-state index in [-0.39, 0.29) is 10.8 Å². The third-order valence-electron chi connectivity index (χ3n) is 4.34. The molecule has 2 N–H and O–H groups in total. The molecule has 30 heavy (non-hydrogen) atoms. The van der Waals surface area contributed by atoms with Crippen molar-refractivity contribution in [3.8, 4) is 0 Å². The van der Waals surface area contributed by atoms with Crippen LogP contribution < -0.4 is 10.1 Å². The highest BCUT2D eigenvalue weighted by atomic mass is 35.5. The first kappa shape index (κ1) is 21.5. The fraction of sp³-hybridized carbons (Fsp3) is 0.0909. The third kappa shape index (κ3) is 5.25. The van der Waals surface area contributed by atoms with Gasteiger partial charge in [0.1, 0.15) is 0 Å². The van der Waals surface area contributed by atoms with Crippen molar-refractivity contribution in [1.29, 1.82) is 0 Å². The van der Waals surface area contributed by atoms with Gasteiger partial charge in [-0.25, -0.2) is 0 Å². The molecule has 0 saturated carbocycles. The van der Waals surface area contributed by atoms with E-state index in [1.54, 1.807) is 67.6 Å². The summed E-state index contributed by atoms with van der Waals surface area (Å²) in [6.45, 7) is 3.57. The zero-order valence-electron chi connectivity index (χ0n) is 16.4. The number of carbonyl (C=O) groups is 1. The molecule has 0 atom stereocenters. The lowest BCUT2D eigenvalue weighted by Gasteiger charge is -2.08. The number of carbonyl (C=O) groups excluding carboxylic acids is 1. The van der Waals surface area contributed by atoms with E-state index in [2.05, 4.69) is 15.2 Å². The Kier molecular flexibility index (Phi) is 6.54. The lowest BCUT2D eigenvalue weighted by atomic mass is 10.1. The molecule has 3 rings (SSSR count). The van der Waals surface area contributed by atoms with E-state index in [1.165, 1.54) is 12.1 Å². The predicted molar refractivity (Wildman–Crippen MR) is 120 cm³/mol. The minimum absolute atomic E-state index is 0.141. The number of sulfonamides is 1. The van der Waals surface area contributed by atoms with E-state index in [4.69, 9.17) is 11.6 Å². The lowest BCUT2D eigenvalue weighted by Crippen LogP contribution is -2.20. The fourth-order valence-electron chi connectivity index (χ4n) is 2.60. The summed E-state index contributed by atoms with van der Waals surface area (Å²) >= 11 is 6.04. The number of aryl methyl sites for hydroxylation is 1. The van der Waals surface area contributed by atoms with Crippen LogP contribution in [0.4, 0.5) is 5.69 Å². The first-order valence-electron chi connectivity index (χ1n) is 9.05. The number of hydrogen-bond donors (Lipinski definition) is 2. The van der Waals surface area contributed by atoms with E-state index >= 15 is 0 Å². The Morgan fingerprint density at radius 3 is 2.20 bits per heavy atom. The van der Waals surface area contributed by atoms with E-state index in [0.29, 0.717) is 27.5 Å². The third-order valence-corrected chi connectivity index (χ3v) is 5.90. The number of anilines is 1. The number of nitrogens with zero attached hydrogens (tertiary/aromatic N) is 1. The highest BCUT2D eigenvalue weighted by Crippen LogP contribution is 2.18. The largest absolute Gasteiger partial charge is 0.322 e. The van der Waals surface area contributed by atoms with Gasteiger partial charge in [0.2, 0.25) is 0 Å². The first-order valence-corrected chi connectivity index (χ1v) is 10.9. The summed E-state index contributed by atoms with van der Waals surface area (Å²) in [6, 6.07) is 20.2. The Balaban J connectivity index is 1.68. The van der Waals surface area contributed by atoms with Gasteiger partial charge >= 0.3 is 0 Å². The highest BCUT2D eigenvalue weighted by Gasteiger charge is 2.13. The van der Waals surface area contributed by atoms with Gasteiger partial charge in [0.25, 0.3) is 15.9 Å². The Labute approximate surface area is 180 Å². The molecule has 0 aliphatic heterocycles. The molecule has 1 amide bonds. The summed E-state index contributed by atoms with van der Waals surface area (Å²) in [5, 5.41) is 7.13. The summed E-state index contributed by atoms with van der Waals surface area (Å²) in [5.74, 6) is -0.315. The van der Waals surface area contributed by atoms with E-state index in [1.807, 2.05) is 6.92 Å². The molecule has 3 aromatic rings. The molecule has 0 spiro atoms. The van der Waals surface area contributed by atoms with Gasteiger partial charge in [-0.05, 0) is 55.8 Å². The molecule has 154 valence electrons. The normalized spacial score (nSPS) is 11.8. The van der Waals surface area contributed by atoms with Gasteiger partial charge in [0, 0.05) is 5.69 Å². The van der Waals surface area contributed by atoms with Crippen molar-refractivity contribution in [3.63, 3.8) is 0 Å². The zero-order valence-corrected chi connectivity index (χ0v) is 18.0. The Bertz CT molecular complexity index is 1190. The van der Waals surface area contributed by atoms with Gasteiger partial charge in [-0.2, -0.15) is 18.4 Å². The van der Waals surface area contributed by atoms with Crippen LogP contribution in [0.3, 0.4) is 0 Å². The van der Waals surface area contributed by atoms with Crippen molar-refractivity contribution in [2.45, 2.75) is 18.7 Å². The van der Waals surface area contributed by atoms with Crippen LogP contribution in [0.25, 0.3) is 0 Å². The second kappa shape index (κ2) is 9.11. The predicted octanol–water partition coefficient (Wildman–Crippen LogP) is 4.60. The quantitative estimate of drug-likeness (QED) is 0.432. The second-order valence-electron chi connectivity index (χ2n) is 6.62. The van der Waals surface area contributed by atoms with Gasteiger partial charge < -0.3 is 5.32 Å². The van der Waals surface area contributed by atoms with E-state index in [0.717, 1.165) is 5.56 Å². The molecule has 0 bridgehead atoms. The summed E-state index contributed by atoms with van der Waals surface area (Å²) in [6.07, 6.45) is 0. The van der Waals surface area contributed by atoms with Crippen LogP contribution in [0.15, 0.2) is 82.8 Å². The van der Waals surface area contributed by atoms with Crippen LogP contribution in [-0.4, -0.2) is 20.0 Å². The van der Waals surface area contributed by atoms with Crippen molar-refractivity contribution in [2.24, 2.45) is 5.10 Å². The number of nitrogens with one attached hydrogen (secondary N) is 2. The average molecular weight is 442 g/mol. The molecule has 0 aliphatic carbocycles. The van der Waals surface area contributed by atoms with Crippen LogP contribution in [0.1, 0.15) is 28.4 Å². The molecular weight excluding hydrogens is 422 g/mol. The summed E-state index contributed by atoms with van der Waals surface area (Å²) < 4.78 is 24.7. The van der Waals surface area contributed by atoms with Crippen molar-refractivity contribution in [3.05, 3.63) is 94.5 Å². The molecule has 0 aliphatic rings. The minimum Gasteiger partial charge on any atom is -0.322 e. The molecule has 0 unspecified atom stereocenters. The number of halogens is 1. The van der Waals surface area contributed by atoms with Crippen molar-refractivity contribution >= 4 is 38.9 Å². The summed E-state index contributed by atoms with van der Waals surface area (Å²) in [4.78, 5) is 14.7. The maximum Gasteiger partial charge on any atom is 0.276 e. The number of amides is 1. The SMILES string of the molecule is C/C(=N/NS(=O)(=O)c1ccc(C)cc1)c1ccc(NC(=O)c2ccccc2Cl)cc1. The monoisotopic (exact) mass is 441 g/mol. The molecule has 6 nitrogen and oxygen atoms in total. The number of rotatable bonds is 6. The standard InChI is InChI=1S/C22H20ClN3O3S/c1-15-7-13-19(14-8-15)30(28,29)26-25-16(2)17-9-11-18(12-10-17)24-22(27)20-5-3-4-6-21(20)23/h3-14,26H,1-2H3,(H,24,27)/b25-16-. The Morgan fingerprint density at radius 2 is 1.57 bits per heavy atom. The van der Waals surface area contributed by atoms with Crippen molar-refractivity contribution in [1.82, 2.24) is 4.83 Å². The van der Waals surface area contributed by atoms with E-state index in [9.17, 15) is 13.2 Å².